The van der Waals surface area contributed by atoms with Gasteiger partial charge in [-0.3, -0.25) is 9.69 Å². The lowest BCUT2D eigenvalue weighted by atomic mass is 9.82. The van der Waals surface area contributed by atoms with E-state index >= 15 is 0 Å². The Bertz CT molecular complexity index is 506. The summed E-state index contributed by atoms with van der Waals surface area (Å²) in [5.41, 5.74) is 2.22. The van der Waals surface area contributed by atoms with Crippen LogP contribution in [0.15, 0.2) is 24.3 Å². The van der Waals surface area contributed by atoms with Crippen molar-refractivity contribution in [2.75, 3.05) is 6.54 Å². The number of benzene rings is 1. The Labute approximate surface area is 127 Å². The first-order valence-corrected chi connectivity index (χ1v) is 8.23. The van der Waals surface area contributed by atoms with Gasteiger partial charge in [0.25, 0.3) is 0 Å². The Balaban J connectivity index is 1.76. The molecule has 0 saturated heterocycles. The summed E-state index contributed by atoms with van der Waals surface area (Å²) in [6.07, 6.45) is 6.35. The molecular weight excluding hydrogens is 262 g/mol. The monoisotopic (exact) mass is 287 g/mol. The summed E-state index contributed by atoms with van der Waals surface area (Å²) < 4.78 is 0. The van der Waals surface area contributed by atoms with Gasteiger partial charge in [0, 0.05) is 19.1 Å². The van der Waals surface area contributed by atoms with Crippen LogP contribution in [-0.2, 0) is 11.3 Å². The van der Waals surface area contributed by atoms with Gasteiger partial charge in [-0.1, -0.05) is 37.6 Å². The van der Waals surface area contributed by atoms with Crippen molar-refractivity contribution in [1.82, 2.24) is 4.90 Å². The first-order chi connectivity index (χ1) is 10.2. The van der Waals surface area contributed by atoms with Gasteiger partial charge in [0.2, 0.25) is 0 Å². The normalized spacial score (nSPS) is 29.9. The molecule has 3 nitrogen and oxygen atoms in total. The quantitative estimate of drug-likeness (QED) is 0.922. The lowest BCUT2D eigenvalue weighted by molar-refractivity contribution is -0.140. The van der Waals surface area contributed by atoms with E-state index in [1.54, 1.807) is 0 Å². The van der Waals surface area contributed by atoms with E-state index < -0.39 is 5.97 Å². The molecule has 0 radical (unpaired) electrons. The summed E-state index contributed by atoms with van der Waals surface area (Å²) >= 11 is 0. The molecule has 1 atom stereocenters. The molecule has 1 fully saturated rings. The molecule has 1 aromatic carbocycles. The lowest BCUT2D eigenvalue weighted by Crippen LogP contribution is -2.44. The van der Waals surface area contributed by atoms with E-state index in [0.29, 0.717) is 12.6 Å². The van der Waals surface area contributed by atoms with Crippen molar-refractivity contribution in [3.05, 3.63) is 35.4 Å². The maximum absolute atomic E-state index is 11.6. The molecule has 2 aliphatic rings. The molecule has 0 aromatic heterocycles. The fourth-order valence-corrected chi connectivity index (χ4v) is 4.04. The third-order valence-corrected chi connectivity index (χ3v) is 5.43. The molecule has 1 aromatic rings. The second-order valence-electron chi connectivity index (χ2n) is 6.60. The maximum Gasteiger partial charge on any atom is 0.312 e. The topological polar surface area (TPSA) is 40.5 Å². The minimum atomic E-state index is -0.686. The number of fused-ring (bicyclic) bond motifs is 1. The minimum absolute atomic E-state index is 0.362. The van der Waals surface area contributed by atoms with E-state index in [9.17, 15) is 9.90 Å². The van der Waals surface area contributed by atoms with E-state index in [1.807, 2.05) is 18.2 Å². The molecule has 3 rings (SSSR count). The van der Waals surface area contributed by atoms with Gasteiger partial charge in [-0.25, -0.2) is 0 Å². The molecule has 0 amide bonds. The zero-order chi connectivity index (χ0) is 14.8. The van der Waals surface area contributed by atoms with Crippen LogP contribution in [0.25, 0.3) is 0 Å². The van der Waals surface area contributed by atoms with Crippen LogP contribution in [0.4, 0.5) is 0 Å². The van der Waals surface area contributed by atoms with Gasteiger partial charge in [0.1, 0.15) is 0 Å². The Hall–Kier alpha value is -1.35. The Morgan fingerprint density at radius 1 is 1.24 bits per heavy atom. The van der Waals surface area contributed by atoms with Crippen LogP contribution in [0.5, 0.6) is 0 Å². The molecule has 3 heteroatoms. The van der Waals surface area contributed by atoms with E-state index in [-0.39, 0.29) is 5.92 Å². The highest BCUT2D eigenvalue weighted by Gasteiger charge is 2.34. The summed E-state index contributed by atoms with van der Waals surface area (Å²) in [5.74, 6) is -0.165. The second-order valence-corrected chi connectivity index (χ2v) is 6.60. The van der Waals surface area contributed by atoms with Crippen LogP contribution in [0.3, 0.4) is 0 Å². The van der Waals surface area contributed by atoms with Crippen molar-refractivity contribution in [1.29, 1.82) is 0 Å². The summed E-state index contributed by atoms with van der Waals surface area (Å²) in [5, 5.41) is 9.55. The number of hydrogen-bond acceptors (Lipinski definition) is 2. The Kier molecular flexibility index (Phi) is 4.29. The number of carbonyl (C=O) groups is 1. The first-order valence-electron chi connectivity index (χ1n) is 8.23. The van der Waals surface area contributed by atoms with Crippen molar-refractivity contribution in [3.8, 4) is 0 Å². The fraction of sp³-hybridized carbons (Fsp3) is 0.611. The van der Waals surface area contributed by atoms with Gasteiger partial charge in [0.15, 0.2) is 0 Å². The van der Waals surface area contributed by atoms with Crippen molar-refractivity contribution < 1.29 is 9.90 Å². The zero-order valence-electron chi connectivity index (χ0n) is 12.8. The van der Waals surface area contributed by atoms with Crippen LogP contribution in [0.2, 0.25) is 0 Å². The molecule has 1 saturated carbocycles. The predicted octanol–water partition coefficient (Wildman–Crippen LogP) is 3.64. The molecular formula is C18H25NO2. The van der Waals surface area contributed by atoms with E-state index in [4.69, 9.17) is 0 Å². The summed E-state index contributed by atoms with van der Waals surface area (Å²) in [7, 11) is 0. The van der Waals surface area contributed by atoms with Crippen LogP contribution in [-0.4, -0.2) is 28.6 Å². The molecule has 114 valence electrons. The first kappa shape index (κ1) is 14.6. The van der Waals surface area contributed by atoms with Crippen LogP contribution < -0.4 is 0 Å². The summed E-state index contributed by atoms with van der Waals surface area (Å²) in [4.78, 5) is 14.0. The van der Waals surface area contributed by atoms with Gasteiger partial charge < -0.3 is 5.11 Å². The van der Waals surface area contributed by atoms with Gasteiger partial charge in [0.05, 0.1) is 5.92 Å². The van der Waals surface area contributed by atoms with E-state index in [0.717, 1.165) is 18.0 Å². The molecule has 1 aliphatic heterocycles. The molecule has 21 heavy (non-hydrogen) atoms. The Morgan fingerprint density at radius 2 is 1.95 bits per heavy atom. The molecule has 1 heterocycles. The smallest absolute Gasteiger partial charge is 0.312 e. The van der Waals surface area contributed by atoms with Crippen molar-refractivity contribution in [2.45, 2.75) is 57.5 Å². The highest BCUT2D eigenvalue weighted by atomic mass is 16.4. The average molecular weight is 287 g/mol. The third kappa shape index (κ3) is 2.98. The fourth-order valence-electron chi connectivity index (χ4n) is 4.04. The van der Waals surface area contributed by atoms with Crippen molar-refractivity contribution in [3.63, 3.8) is 0 Å². The molecule has 1 unspecified atom stereocenters. The number of carboxylic acids is 1. The number of carboxylic acid groups (broad SMARTS) is 1. The van der Waals surface area contributed by atoms with E-state index in [2.05, 4.69) is 17.9 Å². The van der Waals surface area contributed by atoms with Crippen LogP contribution in [0.1, 0.15) is 56.1 Å². The molecule has 0 bridgehead atoms. The van der Waals surface area contributed by atoms with Gasteiger partial charge >= 0.3 is 5.97 Å². The largest absolute Gasteiger partial charge is 0.481 e. The number of hydrogen-bond donors (Lipinski definition) is 1. The van der Waals surface area contributed by atoms with Crippen LogP contribution in [0, 0.1) is 5.92 Å². The van der Waals surface area contributed by atoms with Crippen LogP contribution >= 0.6 is 0 Å². The second kappa shape index (κ2) is 6.18. The SMILES string of the molecule is CCC1CCC(N2Cc3ccccc3C(C(=O)O)C2)CC1. The maximum atomic E-state index is 11.6. The summed E-state index contributed by atoms with van der Waals surface area (Å²) in [6.45, 7) is 3.87. The van der Waals surface area contributed by atoms with Crippen molar-refractivity contribution in [2.24, 2.45) is 5.92 Å². The number of aliphatic carboxylic acids is 1. The van der Waals surface area contributed by atoms with Gasteiger partial charge in [-0.05, 0) is 42.7 Å². The van der Waals surface area contributed by atoms with Crippen molar-refractivity contribution >= 4 is 5.97 Å². The Morgan fingerprint density at radius 3 is 2.62 bits per heavy atom. The van der Waals surface area contributed by atoms with E-state index in [1.165, 1.54) is 37.7 Å². The third-order valence-electron chi connectivity index (χ3n) is 5.43. The number of rotatable bonds is 3. The zero-order valence-corrected chi connectivity index (χ0v) is 12.8. The summed E-state index contributed by atoms with van der Waals surface area (Å²) in [6, 6.07) is 8.63. The minimum Gasteiger partial charge on any atom is -0.481 e. The molecule has 0 spiro atoms. The standard InChI is InChI=1S/C18H25NO2/c1-2-13-7-9-15(10-8-13)19-11-14-5-3-4-6-16(14)17(12-19)18(20)21/h3-6,13,15,17H,2,7-12H2,1H3,(H,20,21). The van der Waals surface area contributed by atoms with Gasteiger partial charge in [-0.2, -0.15) is 0 Å². The lowest BCUT2D eigenvalue weighted by Gasteiger charge is -2.41. The highest BCUT2D eigenvalue weighted by molar-refractivity contribution is 5.77. The average Bonchev–Trinajstić information content (AvgIpc) is 2.53. The molecule has 1 N–H and O–H groups in total. The molecule has 1 aliphatic carbocycles. The predicted molar refractivity (Wildman–Crippen MR) is 83.3 cm³/mol. The number of nitrogens with zero attached hydrogens (tertiary/aromatic N) is 1. The highest BCUT2D eigenvalue weighted by Crippen LogP contribution is 2.35. The van der Waals surface area contributed by atoms with Gasteiger partial charge in [-0.15, -0.1) is 0 Å².